The van der Waals surface area contributed by atoms with Gasteiger partial charge in [0.2, 0.25) is 0 Å². The molecule has 2 aliphatic rings. The summed E-state index contributed by atoms with van der Waals surface area (Å²) in [7, 11) is 0. The number of nitrogens with one attached hydrogen (secondary N) is 1. The molecule has 0 radical (unpaired) electrons. The fourth-order valence-corrected chi connectivity index (χ4v) is 4.23. The molecule has 4 atom stereocenters. The lowest BCUT2D eigenvalue weighted by Gasteiger charge is -2.55. The minimum atomic E-state index is 0.246. The molecule has 1 N–H and O–H groups in total. The SMILES string of the molecule is CC(Cc1ccccc1Cl)NC1C2CCOC2C1(C)C. The van der Waals surface area contributed by atoms with Crippen LogP contribution in [0.3, 0.4) is 0 Å². The predicted molar refractivity (Wildman–Crippen MR) is 83.2 cm³/mol. The molecule has 4 unspecified atom stereocenters. The number of ether oxygens (including phenoxy) is 1. The van der Waals surface area contributed by atoms with Crippen LogP contribution in [0.2, 0.25) is 5.02 Å². The average Bonchev–Trinajstić information content (AvgIpc) is 2.86. The fourth-order valence-electron chi connectivity index (χ4n) is 4.02. The third kappa shape index (κ3) is 2.38. The molecule has 1 heterocycles. The minimum Gasteiger partial charge on any atom is -0.377 e. The molecule has 1 aliphatic heterocycles. The van der Waals surface area contributed by atoms with Gasteiger partial charge in [-0.05, 0) is 31.4 Å². The van der Waals surface area contributed by atoms with Crippen molar-refractivity contribution in [3.05, 3.63) is 34.9 Å². The van der Waals surface area contributed by atoms with Crippen molar-refractivity contribution in [2.75, 3.05) is 6.61 Å². The van der Waals surface area contributed by atoms with Crippen molar-refractivity contribution < 1.29 is 4.74 Å². The molecule has 2 nitrogen and oxygen atoms in total. The smallest absolute Gasteiger partial charge is 0.0685 e. The maximum absolute atomic E-state index is 6.25. The molecular formula is C17H24ClNO. The standard InChI is InChI=1S/C17H24ClNO/c1-11(10-12-6-4-5-7-14(12)18)19-15-13-8-9-20-16(13)17(15,2)3/h4-7,11,13,15-16,19H,8-10H2,1-3H3. The van der Waals surface area contributed by atoms with E-state index < -0.39 is 0 Å². The summed E-state index contributed by atoms with van der Waals surface area (Å²) in [4.78, 5) is 0. The van der Waals surface area contributed by atoms with Crippen LogP contribution in [-0.4, -0.2) is 24.8 Å². The molecule has 1 aliphatic carbocycles. The molecule has 0 amide bonds. The van der Waals surface area contributed by atoms with Gasteiger partial charge in [0.1, 0.15) is 0 Å². The van der Waals surface area contributed by atoms with Crippen LogP contribution < -0.4 is 5.32 Å². The number of rotatable bonds is 4. The molecule has 1 aromatic carbocycles. The molecule has 2 fully saturated rings. The van der Waals surface area contributed by atoms with Crippen LogP contribution in [0, 0.1) is 11.3 Å². The van der Waals surface area contributed by atoms with Crippen LogP contribution in [0.5, 0.6) is 0 Å². The van der Waals surface area contributed by atoms with E-state index in [9.17, 15) is 0 Å². The van der Waals surface area contributed by atoms with Crippen LogP contribution in [0.4, 0.5) is 0 Å². The Bertz CT molecular complexity index is 488. The van der Waals surface area contributed by atoms with E-state index in [1.54, 1.807) is 0 Å². The minimum absolute atomic E-state index is 0.246. The highest BCUT2D eigenvalue weighted by Crippen LogP contribution is 2.52. The zero-order valence-corrected chi connectivity index (χ0v) is 13.3. The van der Waals surface area contributed by atoms with Crippen LogP contribution in [0.15, 0.2) is 24.3 Å². The lowest BCUT2D eigenvalue weighted by Crippen LogP contribution is -2.67. The zero-order chi connectivity index (χ0) is 14.3. The maximum Gasteiger partial charge on any atom is 0.0685 e. The number of fused-ring (bicyclic) bond motifs is 1. The van der Waals surface area contributed by atoms with E-state index in [2.05, 4.69) is 38.2 Å². The van der Waals surface area contributed by atoms with E-state index in [-0.39, 0.29) is 5.41 Å². The van der Waals surface area contributed by atoms with Crippen molar-refractivity contribution in [1.29, 1.82) is 0 Å². The van der Waals surface area contributed by atoms with Gasteiger partial charge in [-0.1, -0.05) is 43.6 Å². The van der Waals surface area contributed by atoms with Crippen molar-refractivity contribution in [3.63, 3.8) is 0 Å². The Morgan fingerprint density at radius 3 is 2.90 bits per heavy atom. The van der Waals surface area contributed by atoms with Crippen LogP contribution in [0.25, 0.3) is 0 Å². The summed E-state index contributed by atoms with van der Waals surface area (Å²) in [6, 6.07) is 9.13. The van der Waals surface area contributed by atoms with Gasteiger partial charge in [0.05, 0.1) is 6.10 Å². The summed E-state index contributed by atoms with van der Waals surface area (Å²) in [5, 5.41) is 4.69. The van der Waals surface area contributed by atoms with Crippen molar-refractivity contribution in [2.45, 2.75) is 51.8 Å². The molecule has 20 heavy (non-hydrogen) atoms. The Balaban J connectivity index is 1.62. The Labute approximate surface area is 126 Å². The average molecular weight is 294 g/mol. The van der Waals surface area contributed by atoms with E-state index in [0.717, 1.165) is 18.1 Å². The number of benzene rings is 1. The van der Waals surface area contributed by atoms with Crippen molar-refractivity contribution in [3.8, 4) is 0 Å². The maximum atomic E-state index is 6.25. The van der Waals surface area contributed by atoms with Crippen molar-refractivity contribution >= 4 is 11.6 Å². The van der Waals surface area contributed by atoms with E-state index >= 15 is 0 Å². The molecule has 1 aromatic rings. The summed E-state index contributed by atoms with van der Waals surface area (Å²) in [5.41, 5.74) is 1.47. The molecule has 1 saturated heterocycles. The Morgan fingerprint density at radius 1 is 1.40 bits per heavy atom. The normalized spacial score (nSPS) is 32.5. The highest BCUT2D eigenvalue weighted by atomic mass is 35.5. The Hall–Kier alpha value is -0.570. The van der Waals surface area contributed by atoms with Crippen LogP contribution >= 0.6 is 11.6 Å². The summed E-state index contributed by atoms with van der Waals surface area (Å²) in [6.07, 6.45) is 2.63. The van der Waals surface area contributed by atoms with Crippen molar-refractivity contribution in [1.82, 2.24) is 5.32 Å². The van der Waals surface area contributed by atoms with Gasteiger partial charge in [0.25, 0.3) is 0 Å². The first-order valence-electron chi connectivity index (χ1n) is 7.61. The Kier molecular flexibility index (Phi) is 3.83. The van der Waals surface area contributed by atoms with Gasteiger partial charge in [-0.3, -0.25) is 0 Å². The number of hydrogen-bond donors (Lipinski definition) is 1. The molecule has 0 spiro atoms. The highest BCUT2D eigenvalue weighted by Gasteiger charge is 2.59. The fraction of sp³-hybridized carbons (Fsp3) is 0.647. The number of hydrogen-bond acceptors (Lipinski definition) is 2. The van der Waals surface area contributed by atoms with Gasteiger partial charge < -0.3 is 10.1 Å². The monoisotopic (exact) mass is 293 g/mol. The van der Waals surface area contributed by atoms with Crippen LogP contribution in [-0.2, 0) is 11.2 Å². The van der Waals surface area contributed by atoms with E-state index in [1.807, 2.05) is 12.1 Å². The quantitative estimate of drug-likeness (QED) is 0.914. The summed E-state index contributed by atoms with van der Waals surface area (Å²) in [5.74, 6) is 0.693. The van der Waals surface area contributed by atoms with Gasteiger partial charge in [-0.25, -0.2) is 0 Å². The van der Waals surface area contributed by atoms with Gasteiger partial charge in [-0.2, -0.15) is 0 Å². The molecule has 3 rings (SSSR count). The van der Waals surface area contributed by atoms with Crippen molar-refractivity contribution in [2.24, 2.45) is 11.3 Å². The van der Waals surface area contributed by atoms with Crippen LogP contribution in [0.1, 0.15) is 32.8 Å². The van der Waals surface area contributed by atoms with Gasteiger partial charge >= 0.3 is 0 Å². The second kappa shape index (κ2) is 5.32. The molecule has 110 valence electrons. The third-order valence-electron chi connectivity index (χ3n) is 5.05. The van der Waals surface area contributed by atoms with Gasteiger partial charge in [0, 0.05) is 35.0 Å². The Morgan fingerprint density at radius 2 is 2.15 bits per heavy atom. The predicted octanol–water partition coefficient (Wildman–Crippen LogP) is 3.67. The first-order valence-corrected chi connectivity index (χ1v) is 7.99. The first kappa shape index (κ1) is 14.4. The molecule has 0 bridgehead atoms. The number of halogens is 1. The lowest BCUT2D eigenvalue weighted by atomic mass is 9.57. The van der Waals surface area contributed by atoms with E-state index in [4.69, 9.17) is 16.3 Å². The second-order valence-corrected chi connectivity index (χ2v) is 7.31. The molecule has 3 heteroatoms. The van der Waals surface area contributed by atoms with E-state index in [0.29, 0.717) is 24.1 Å². The van der Waals surface area contributed by atoms with Gasteiger partial charge in [0.15, 0.2) is 0 Å². The largest absolute Gasteiger partial charge is 0.377 e. The molecular weight excluding hydrogens is 270 g/mol. The summed E-state index contributed by atoms with van der Waals surface area (Å²) >= 11 is 6.25. The first-order chi connectivity index (χ1) is 9.50. The summed E-state index contributed by atoms with van der Waals surface area (Å²) < 4.78 is 5.86. The molecule has 1 saturated carbocycles. The topological polar surface area (TPSA) is 21.3 Å². The third-order valence-corrected chi connectivity index (χ3v) is 5.42. The zero-order valence-electron chi connectivity index (χ0n) is 12.5. The molecule has 0 aromatic heterocycles. The lowest BCUT2D eigenvalue weighted by molar-refractivity contribution is -0.115. The summed E-state index contributed by atoms with van der Waals surface area (Å²) in [6.45, 7) is 7.82. The second-order valence-electron chi connectivity index (χ2n) is 6.91. The highest BCUT2D eigenvalue weighted by molar-refractivity contribution is 6.31. The van der Waals surface area contributed by atoms with E-state index in [1.165, 1.54) is 12.0 Å². The van der Waals surface area contributed by atoms with Gasteiger partial charge in [-0.15, -0.1) is 0 Å².